The van der Waals surface area contributed by atoms with Gasteiger partial charge in [0, 0.05) is 50.6 Å². The second kappa shape index (κ2) is 18.9. The summed E-state index contributed by atoms with van der Waals surface area (Å²) in [5.41, 5.74) is 8.36. The van der Waals surface area contributed by atoms with Crippen molar-refractivity contribution in [3.05, 3.63) is 166 Å². The molecule has 12 heteroatoms. The second-order valence-corrected chi connectivity index (χ2v) is 15.6. The molecule has 0 aliphatic carbocycles. The molecule has 310 valence electrons. The van der Waals surface area contributed by atoms with Crippen LogP contribution in [0.5, 0.6) is 0 Å². The van der Waals surface area contributed by atoms with Crippen molar-refractivity contribution in [2.24, 2.45) is 0 Å². The van der Waals surface area contributed by atoms with Crippen molar-refractivity contribution in [1.29, 1.82) is 0 Å². The Morgan fingerprint density at radius 1 is 0.817 bits per heavy atom. The lowest BCUT2D eigenvalue weighted by molar-refractivity contribution is -0.253. The number of benzene rings is 5. The zero-order chi connectivity index (χ0) is 41.4. The van der Waals surface area contributed by atoms with Gasteiger partial charge in [-0.25, -0.2) is 14.4 Å². The molecule has 4 unspecified atom stereocenters. The van der Waals surface area contributed by atoms with Crippen molar-refractivity contribution >= 4 is 23.0 Å². The van der Waals surface area contributed by atoms with Gasteiger partial charge in [-0.1, -0.05) is 109 Å². The predicted octanol–water partition coefficient (Wildman–Crippen LogP) is 6.95. The van der Waals surface area contributed by atoms with Gasteiger partial charge < -0.3 is 39.8 Å². The van der Waals surface area contributed by atoms with Crippen LogP contribution in [0.15, 0.2) is 132 Å². The first kappa shape index (κ1) is 40.7. The maximum absolute atomic E-state index is 12.9. The number of H-pyrrole nitrogens is 1. The van der Waals surface area contributed by atoms with Crippen LogP contribution in [-0.4, -0.2) is 70.4 Å². The zero-order valence-corrected chi connectivity index (χ0v) is 33.7. The van der Waals surface area contributed by atoms with E-state index in [2.05, 4.69) is 32.7 Å². The fraction of sp³-hybridized carbons (Fsp3) is 0.312. The molecule has 3 heterocycles. The van der Waals surface area contributed by atoms with E-state index >= 15 is 0 Å². The second-order valence-electron chi connectivity index (χ2n) is 15.6. The molecule has 0 spiro atoms. The van der Waals surface area contributed by atoms with Crippen molar-refractivity contribution in [3.8, 4) is 11.1 Å². The third-order valence-corrected chi connectivity index (χ3v) is 11.6. The fourth-order valence-corrected chi connectivity index (χ4v) is 8.39. The number of aromatic amines is 1. The number of aliphatic hydroxyl groups is 1. The molecule has 0 bridgehead atoms. The minimum absolute atomic E-state index is 0.0193. The van der Waals surface area contributed by atoms with E-state index in [-0.39, 0.29) is 37.1 Å². The Bertz CT molecular complexity index is 2420. The van der Waals surface area contributed by atoms with Crippen molar-refractivity contribution in [3.63, 3.8) is 0 Å². The van der Waals surface area contributed by atoms with Crippen LogP contribution in [0.2, 0.25) is 0 Å². The number of urea groups is 1. The standard InChI is InChI=1S/C48H51N5O7/c1-58-45(55)42(27-32-8-3-2-4-9-32)50-47(56)49-29-34-10-7-11-38(26-34)35-18-20-37(21-19-35)46-59-40(28-44(60-46)36-16-14-33(31-54)15-17-36)30-52-24-22-39(23-25-52)53-43-13-6-5-12-41(43)51-48(53)57/h2-21,26,39-40,42,44,46,54H,22-25,27-31H2,1H3,(H,51,57)(H2,49,50,56). The van der Waals surface area contributed by atoms with E-state index in [0.717, 1.165) is 82.5 Å². The van der Waals surface area contributed by atoms with E-state index in [1.165, 1.54) is 7.11 Å². The topological polar surface area (TPSA) is 147 Å². The van der Waals surface area contributed by atoms with E-state index in [0.29, 0.717) is 12.8 Å². The number of carbonyl (C=O) groups excluding carboxylic acids is 2. The highest BCUT2D eigenvalue weighted by Crippen LogP contribution is 2.39. The van der Waals surface area contributed by atoms with E-state index in [1.54, 1.807) is 0 Å². The number of piperidine rings is 1. The Balaban J connectivity index is 0.914. The summed E-state index contributed by atoms with van der Waals surface area (Å²) in [6.45, 7) is 2.70. The van der Waals surface area contributed by atoms with Gasteiger partial charge in [0.2, 0.25) is 0 Å². The molecule has 5 aromatic carbocycles. The molecule has 6 aromatic rings. The molecular weight excluding hydrogens is 759 g/mol. The van der Waals surface area contributed by atoms with Crippen LogP contribution in [0, 0.1) is 0 Å². The Morgan fingerprint density at radius 2 is 1.53 bits per heavy atom. The maximum atomic E-state index is 12.9. The summed E-state index contributed by atoms with van der Waals surface area (Å²) in [6.07, 6.45) is 1.86. The SMILES string of the molecule is COC(=O)C(Cc1ccccc1)NC(=O)NCc1cccc(-c2ccc(C3OC(CN4CCC(n5c(=O)[nH]c6ccccc65)CC4)CC(c4ccc(CO)cc4)O3)cc2)c1. The molecular formula is C48H51N5O7. The number of hydrogen-bond donors (Lipinski definition) is 4. The lowest BCUT2D eigenvalue weighted by atomic mass is 9.98. The lowest BCUT2D eigenvalue weighted by Crippen LogP contribution is -2.47. The van der Waals surface area contributed by atoms with Gasteiger partial charge in [-0.2, -0.15) is 0 Å². The largest absolute Gasteiger partial charge is 0.467 e. The number of imidazole rings is 1. The Labute approximate surface area is 349 Å². The first-order valence-corrected chi connectivity index (χ1v) is 20.6. The average molecular weight is 810 g/mol. The number of fused-ring (bicyclic) bond motifs is 1. The van der Waals surface area contributed by atoms with Gasteiger partial charge in [-0.05, 0) is 64.4 Å². The van der Waals surface area contributed by atoms with Gasteiger partial charge in [-0.15, -0.1) is 0 Å². The number of amides is 2. The molecule has 12 nitrogen and oxygen atoms in total. The van der Waals surface area contributed by atoms with E-state index < -0.39 is 24.3 Å². The summed E-state index contributed by atoms with van der Waals surface area (Å²) >= 11 is 0. The summed E-state index contributed by atoms with van der Waals surface area (Å²) in [5, 5.41) is 15.3. The summed E-state index contributed by atoms with van der Waals surface area (Å²) < 4.78 is 20.2. The lowest BCUT2D eigenvalue weighted by Gasteiger charge is -2.40. The van der Waals surface area contributed by atoms with E-state index in [1.807, 2.05) is 120 Å². The minimum atomic E-state index is -0.820. The number of nitrogens with one attached hydrogen (secondary N) is 3. The van der Waals surface area contributed by atoms with Gasteiger partial charge in [-0.3, -0.25) is 4.57 Å². The van der Waals surface area contributed by atoms with Crippen LogP contribution in [0.4, 0.5) is 4.79 Å². The highest BCUT2D eigenvalue weighted by atomic mass is 16.7. The van der Waals surface area contributed by atoms with Crippen molar-refractivity contribution in [2.75, 3.05) is 26.7 Å². The average Bonchev–Trinajstić information content (AvgIpc) is 3.64. The smallest absolute Gasteiger partial charge is 0.328 e. The minimum Gasteiger partial charge on any atom is -0.467 e. The molecule has 2 aliphatic heterocycles. The van der Waals surface area contributed by atoms with Gasteiger partial charge in [0.25, 0.3) is 0 Å². The Kier molecular flexibility index (Phi) is 12.8. The third-order valence-electron chi connectivity index (χ3n) is 11.6. The molecule has 8 rings (SSSR count). The number of likely N-dealkylation sites (tertiary alicyclic amines) is 1. The summed E-state index contributed by atoms with van der Waals surface area (Å²) in [5.74, 6) is -0.510. The zero-order valence-electron chi connectivity index (χ0n) is 33.7. The molecule has 4 N–H and O–H groups in total. The summed E-state index contributed by atoms with van der Waals surface area (Å²) in [6, 6.07) is 40.3. The van der Waals surface area contributed by atoms with Crippen LogP contribution in [0.1, 0.15) is 65.5 Å². The van der Waals surface area contributed by atoms with Gasteiger partial charge in [0.15, 0.2) is 6.29 Å². The monoisotopic (exact) mass is 809 g/mol. The molecule has 60 heavy (non-hydrogen) atoms. The van der Waals surface area contributed by atoms with E-state index in [4.69, 9.17) is 14.2 Å². The molecule has 2 fully saturated rings. The number of esters is 1. The van der Waals surface area contributed by atoms with Crippen molar-refractivity contribution < 1.29 is 28.9 Å². The number of methoxy groups -OCH3 is 1. The highest BCUT2D eigenvalue weighted by molar-refractivity contribution is 5.83. The van der Waals surface area contributed by atoms with Crippen LogP contribution in [-0.2, 0) is 38.6 Å². The van der Waals surface area contributed by atoms with Crippen molar-refractivity contribution in [2.45, 2.75) is 69.4 Å². The van der Waals surface area contributed by atoms with Gasteiger partial charge >= 0.3 is 17.7 Å². The number of nitrogens with zero attached hydrogens (tertiary/aromatic N) is 2. The van der Waals surface area contributed by atoms with Crippen LogP contribution >= 0.6 is 0 Å². The number of rotatable bonds is 13. The maximum Gasteiger partial charge on any atom is 0.328 e. The molecule has 0 saturated carbocycles. The number of aliphatic hydroxyl groups excluding tert-OH is 1. The summed E-state index contributed by atoms with van der Waals surface area (Å²) in [7, 11) is 1.31. The van der Waals surface area contributed by atoms with E-state index in [9.17, 15) is 19.5 Å². The van der Waals surface area contributed by atoms with Gasteiger partial charge in [0.05, 0.1) is 37.0 Å². The number of hydrogen-bond acceptors (Lipinski definition) is 8. The number of aromatic nitrogens is 2. The Morgan fingerprint density at radius 3 is 2.28 bits per heavy atom. The third kappa shape index (κ3) is 9.69. The molecule has 2 aliphatic rings. The first-order valence-electron chi connectivity index (χ1n) is 20.6. The molecule has 1 aromatic heterocycles. The van der Waals surface area contributed by atoms with Crippen molar-refractivity contribution in [1.82, 2.24) is 25.1 Å². The fourth-order valence-electron chi connectivity index (χ4n) is 8.39. The predicted molar refractivity (Wildman–Crippen MR) is 229 cm³/mol. The Hall–Kier alpha value is -6.05. The number of carbonyl (C=O) groups is 2. The molecule has 4 atom stereocenters. The molecule has 2 amide bonds. The number of ether oxygens (including phenoxy) is 3. The number of para-hydroxylation sites is 2. The molecule has 0 radical (unpaired) electrons. The van der Waals surface area contributed by atoms with Crippen LogP contribution < -0.4 is 16.3 Å². The van der Waals surface area contributed by atoms with Crippen LogP contribution in [0.25, 0.3) is 22.2 Å². The molecule has 2 saturated heterocycles. The highest BCUT2D eigenvalue weighted by Gasteiger charge is 2.34. The summed E-state index contributed by atoms with van der Waals surface area (Å²) in [4.78, 5) is 43.7. The first-order chi connectivity index (χ1) is 29.3. The van der Waals surface area contributed by atoms with Crippen LogP contribution in [0.3, 0.4) is 0 Å². The normalized spacial score (nSPS) is 19.1. The quantitative estimate of drug-likeness (QED) is 0.0917. The van der Waals surface area contributed by atoms with Gasteiger partial charge in [0.1, 0.15) is 6.04 Å².